The van der Waals surface area contributed by atoms with Gasteiger partial charge in [-0.1, -0.05) is 30.3 Å². The Morgan fingerprint density at radius 3 is 2.74 bits per heavy atom. The molecule has 0 radical (unpaired) electrons. The second-order valence-corrected chi connectivity index (χ2v) is 10.2. The maximum Gasteiger partial charge on any atom is 0.146 e. The molecule has 1 aromatic carbocycles. The van der Waals surface area contributed by atoms with Gasteiger partial charge in [-0.25, -0.2) is 15.0 Å². The van der Waals surface area contributed by atoms with Gasteiger partial charge in [-0.15, -0.1) is 11.3 Å². The van der Waals surface area contributed by atoms with E-state index in [0.717, 1.165) is 73.5 Å². The molecule has 0 bridgehead atoms. The molecule has 1 aliphatic rings. The van der Waals surface area contributed by atoms with E-state index in [2.05, 4.69) is 60.5 Å². The number of aliphatic hydroxyl groups excluding tert-OH is 1. The van der Waals surface area contributed by atoms with Crippen molar-refractivity contribution in [2.24, 2.45) is 5.92 Å². The van der Waals surface area contributed by atoms with Crippen LogP contribution in [-0.2, 0) is 6.42 Å². The number of nitrogen functional groups attached to an aromatic ring is 1. The van der Waals surface area contributed by atoms with Gasteiger partial charge in [0.2, 0.25) is 0 Å². The summed E-state index contributed by atoms with van der Waals surface area (Å²) in [7, 11) is 0. The van der Waals surface area contributed by atoms with Crippen LogP contribution in [-0.4, -0.2) is 56.9 Å². The van der Waals surface area contributed by atoms with Crippen LogP contribution in [0.3, 0.4) is 0 Å². The number of nitrogens with one attached hydrogen (secondary N) is 2. The third-order valence-corrected chi connectivity index (χ3v) is 7.63. The number of aromatic nitrogens is 4. The van der Waals surface area contributed by atoms with E-state index < -0.39 is 6.10 Å². The van der Waals surface area contributed by atoms with Gasteiger partial charge in [0.1, 0.15) is 22.8 Å². The van der Waals surface area contributed by atoms with Gasteiger partial charge < -0.3 is 26.0 Å². The van der Waals surface area contributed by atoms with Crippen LogP contribution in [0.1, 0.15) is 30.9 Å². The average Bonchev–Trinajstić information content (AvgIpc) is 3.60. The lowest BCUT2D eigenvalue weighted by Crippen LogP contribution is -2.26. The molecule has 3 aromatic heterocycles. The topological polar surface area (TPSA) is 114 Å². The van der Waals surface area contributed by atoms with Crippen LogP contribution < -0.4 is 16.4 Å². The fourth-order valence-electron chi connectivity index (χ4n) is 5.09. The molecule has 35 heavy (non-hydrogen) atoms. The van der Waals surface area contributed by atoms with Crippen LogP contribution in [0, 0.1) is 5.92 Å². The van der Waals surface area contributed by atoms with E-state index in [1.165, 1.54) is 11.9 Å². The number of hydrogen-bond acceptors (Lipinski definition) is 8. The SMILES string of the molecule is Nc1ncnc2c1c(-c1nccs1)cn2[C@@H]1C[C@H](CNCCCNCCc2ccccc2)C[C@H]1O. The van der Waals surface area contributed by atoms with Gasteiger partial charge in [-0.05, 0) is 63.3 Å². The smallest absolute Gasteiger partial charge is 0.146 e. The second-order valence-electron chi connectivity index (χ2n) is 9.26. The molecule has 0 aliphatic heterocycles. The lowest BCUT2D eigenvalue weighted by atomic mass is 10.1. The number of nitrogens with zero attached hydrogens (tertiary/aromatic N) is 4. The Balaban J connectivity index is 1.12. The Morgan fingerprint density at radius 2 is 1.91 bits per heavy atom. The number of anilines is 1. The van der Waals surface area contributed by atoms with Crippen molar-refractivity contribution in [3.63, 3.8) is 0 Å². The summed E-state index contributed by atoms with van der Waals surface area (Å²) in [6.45, 7) is 3.89. The zero-order chi connectivity index (χ0) is 24.0. The van der Waals surface area contributed by atoms with Gasteiger partial charge in [0, 0.05) is 23.3 Å². The molecule has 1 fully saturated rings. The number of rotatable bonds is 11. The maximum atomic E-state index is 10.9. The van der Waals surface area contributed by atoms with E-state index in [1.54, 1.807) is 17.5 Å². The van der Waals surface area contributed by atoms with Crippen molar-refractivity contribution in [3.8, 4) is 10.6 Å². The molecule has 5 N–H and O–H groups in total. The molecule has 184 valence electrons. The van der Waals surface area contributed by atoms with E-state index in [-0.39, 0.29) is 6.04 Å². The van der Waals surface area contributed by atoms with Crippen LogP contribution >= 0.6 is 11.3 Å². The summed E-state index contributed by atoms with van der Waals surface area (Å²) in [6.07, 6.45) is 8.72. The summed E-state index contributed by atoms with van der Waals surface area (Å²) in [5.41, 5.74) is 9.29. The highest BCUT2D eigenvalue weighted by atomic mass is 32.1. The lowest BCUT2D eigenvalue weighted by Gasteiger charge is -2.17. The third-order valence-electron chi connectivity index (χ3n) is 6.83. The lowest BCUT2D eigenvalue weighted by molar-refractivity contribution is 0.136. The molecular weight excluding hydrogens is 458 g/mol. The van der Waals surface area contributed by atoms with E-state index >= 15 is 0 Å². The quantitative estimate of drug-likeness (QED) is 0.238. The zero-order valence-electron chi connectivity index (χ0n) is 19.8. The van der Waals surface area contributed by atoms with Gasteiger partial charge in [0.15, 0.2) is 0 Å². The van der Waals surface area contributed by atoms with Gasteiger partial charge in [-0.2, -0.15) is 0 Å². The van der Waals surface area contributed by atoms with Crippen molar-refractivity contribution >= 4 is 28.2 Å². The van der Waals surface area contributed by atoms with Gasteiger partial charge >= 0.3 is 0 Å². The summed E-state index contributed by atoms with van der Waals surface area (Å²) >= 11 is 1.56. The fourth-order valence-corrected chi connectivity index (χ4v) is 5.74. The van der Waals surface area contributed by atoms with Crippen LogP contribution in [0.15, 0.2) is 54.4 Å². The van der Waals surface area contributed by atoms with Crippen molar-refractivity contribution < 1.29 is 5.11 Å². The Bertz CT molecular complexity index is 1210. The van der Waals surface area contributed by atoms with Gasteiger partial charge in [0.25, 0.3) is 0 Å². The minimum absolute atomic E-state index is 0.0352. The summed E-state index contributed by atoms with van der Waals surface area (Å²) in [6, 6.07) is 10.5. The Labute approximate surface area is 209 Å². The van der Waals surface area contributed by atoms with E-state index in [9.17, 15) is 5.11 Å². The Morgan fingerprint density at radius 1 is 1.06 bits per heavy atom. The van der Waals surface area contributed by atoms with Gasteiger partial charge in [-0.3, -0.25) is 0 Å². The highest BCUT2D eigenvalue weighted by Gasteiger charge is 2.35. The molecule has 1 aliphatic carbocycles. The standard InChI is InChI=1S/C26H33N7OS/c27-24-23-20(26-30-11-12-35-26)16-33(25(23)32-17-31-24)21-13-19(14-22(21)34)15-29-9-4-8-28-10-7-18-5-2-1-3-6-18/h1-3,5-6,11-12,16-17,19,21-22,28-29,34H,4,7-10,13-15H2,(H2,27,31,32)/t19-,21+,22+/m0/s1. The highest BCUT2D eigenvalue weighted by molar-refractivity contribution is 7.13. The van der Waals surface area contributed by atoms with E-state index in [4.69, 9.17) is 5.73 Å². The van der Waals surface area contributed by atoms with Crippen molar-refractivity contribution in [2.75, 3.05) is 31.9 Å². The van der Waals surface area contributed by atoms with Crippen LogP contribution in [0.4, 0.5) is 5.82 Å². The Kier molecular flexibility index (Phi) is 7.68. The van der Waals surface area contributed by atoms with Crippen molar-refractivity contribution in [1.29, 1.82) is 0 Å². The van der Waals surface area contributed by atoms with Crippen molar-refractivity contribution in [1.82, 2.24) is 30.2 Å². The molecule has 9 heteroatoms. The van der Waals surface area contributed by atoms with Crippen molar-refractivity contribution in [2.45, 2.75) is 37.8 Å². The molecule has 0 amide bonds. The molecule has 0 saturated heterocycles. The maximum absolute atomic E-state index is 10.9. The largest absolute Gasteiger partial charge is 0.391 e. The number of hydrogen-bond donors (Lipinski definition) is 4. The molecule has 3 heterocycles. The minimum atomic E-state index is -0.419. The molecule has 8 nitrogen and oxygen atoms in total. The first-order chi connectivity index (χ1) is 17.2. The van der Waals surface area contributed by atoms with Gasteiger partial charge in [0.05, 0.1) is 17.5 Å². The number of benzene rings is 1. The number of thiazole rings is 1. The fraction of sp³-hybridized carbons (Fsp3) is 0.423. The molecule has 3 atom stereocenters. The number of fused-ring (bicyclic) bond motifs is 1. The Hall–Kier alpha value is -2.85. The molecule has 4 aromatic rings. The molecule has 5 rings (SSSR count). The predicted molar refractivity (Wildman–Crippen MR) is 141 cm³/mol. The van der Waals surface area contributed by atoms with Crippen LogP contribution in [0.5, 0.6) is 0 Å². The van der Waals surface area contributed by atoms with Crippen LogP contribution in [0.25, 0.3) is 21.6 Å². The normalized spacial score (nSPS) is 20.1. The first-order valence-corrected chi connectivity index (χ1v) is 13.2. The monoisotopic (exact) mass is 491 g/mol. The van der Waals surface area contributed by atoms with E-state index in [1.807, 2.05) is 11.6 Å². The summed E-state index contributed by atoms with van der Waals surface area (Å²) in [5.74, 6) is 0.864. The van der Waals surface area contributed by atoms with E-state index in [0.29, 0.717) is 11.7 Å². The van der Waals surface area contributed by atoms with Crippen molar-refractivity contribution in [3.05, 3.63) is 60.0 Å². The molecule has 0 spiro atoms. The highest BCUT2D eigenvalue weighted by Crippen LogP contribution is 2.41. The minimum Gasteiger partial charge on any atom is -0.391 e. The van der Waals surface area contributed by atoms with Crippen LogP contribution in [0.2, 0.25) is 0 Å². The summed E-state index contributed by atoms with van der Waals surface area (Å²) < 4.78 is 2.09. The number of nitrogens with two attached hydrogens (primary N) is 1. The summed E-state index contributed by atoms with van der Waals surface area (Å²) in [5, 5.41) is 21.7. The average molecular weight is 492 g/mol. The second kappa shape index (κ2) is 11.3. The molecule has 0 unspecified atom stereocenters. The third kappa shape index (κ3) is 5.54. The zero-order valence-corrected chi connectivity index (χ0v) is 20.6. The first kappa shape index (κ1) is 23.9. The number of aliphatic hydroxyl groups is 1. The summed E-state index contributed by atoms with van der Waals surface area (Å²) in [4.78, 5) is 13.2. The predicted octanol–water partition coefficient (Wildman–Crippen LogP) is 3.26. The molecular formula is C26H33N7OS. The first-order valence-electron chi connectivity index (χ1n) is 12.3. The molecule has 1 saturated carbocycles.